The van der Waals surface area contributed by atoms with Crippen molar-refractivity contribution in [1.82, 2.24) is 15.0 Å². The van der Waals surface area contributed by atoms with Crippen LogP contribution in [0.5, 0.6) is 0 Å². The number of hydrogen-bond acceptors (Lipinski definition) is 4. The molecule has 0 unspecified atom stereocenters. The van der Waals surface area contributed by atoms with E-state index in [4.69, 9.17) is 19.4 Å². The molecule has 0 N–H and O–H groups in total. The number of benzene rings is 10. The lowest BCUT2D eigenvalue weighted by Gasteiger charge is -2.15. The number of fused-ring (bicyclic) bond motifs is 6. The van der Waals surface area contributed by atoms with Crippen LogP contribution in [0.3, 0.4) is 0 Å². The second kappa shape index (κ2) is 14.3. The molecule has 0 bridgehead atoms. The Balaban J connectivity index is 1.06. The summed E-state index contributed by atoms with van der Waals surface area (Å²) in [5.41, 5.74) is 11.3. The zero-order valence-corrected chi connectivity index (χ0v) is 33.0. The largest absolute Gasteiger partial charge is 0.455 e. The summed E-state index contributed by atoms with van der Waals surface area (Å²) >= 11 is 0. The van der Waals surface area contributed by atoms with Gasteiger partial charge in [0.15, 0.2) is 17.5 Å². The molecule has 12 aromatic rings. The van der Waals surface area contributed by atoms with Gasteiger partial charge < -0.3 is 4.42 Å². The van der Waals surface area contributed by atoms with Crippen molar-refractivity contribution in [2.24, 2.45) is 0 Å². The average molecular weight is 778 g/mol. The molecule has 4 heteroatoms. The van der Waals surface area contributed by atoms with Crippen molar-refractivity contribution in [1.29, 1.82) is 0 Å². The van der Waals surface area contributed by atoms with Crippen LogP contribution in [0.4, 0.5) is 0 Å². The fourth-order valence-electron chi connectivity index (χ4n) is 8.98. The molecule has 0 aliphatic carbocycles. The smallest absolute Gasteiger partial charge is 0.167 e. The third-order valence-electron chi connectivity index (χ3n) is 12.0. The summed E-state index contributed by atoms with van der Waals surface area (Å²) in [7, 11) is 0. The topological polar surface area (TPSA) is 51.8 Å². The van der Waals surface area contributed by atoms with Gasteiger partial charge in [-0.15, -0.1) is 0 Å². The number of hydrogen-bond donors (Lipinski definition) is 0. The predicted octanol–water partition coefficient (Wildman–Crippen LogP) is 15.2. The van der Waals surface area contributed by atoms with Crippen LogP contribution in [-0.2, 0) is 0 Å². The van der Waals surface area contributed by atoms with E-state index in [1.54, 1.807) is 0 Å². The Labute approximate surface area is 352 Å². The van der Waals surface area contributed by atoms with E-state index in [2.05, 4.69) is 188 Å². The van der Waals surface area contributed by atoms with Crippen molar-refractivity contribution in [3.05, 3.63) is 212 Å². The van der Waals surface area contributed by atoms with Crippen LogP contribution in [0.25, 0.3) is 122 Å². The van der Waals surface area contributed by atoms with E-state index < -0.39 is 0 Å². The van der Waals surface area contributed by atoms with E-state index in [0.29, 0.717) is 17.5 Å². The van der Waals surface area contributed by atoms with Crippen LogP contribution < -0.4 is 0 Å². The summed E-state index contributed by atoms with van der Waals surface area (Å²) < 4.78 is 6.57. The van der Waals surface area contributed by atoms with E-state index in [9.17, 15) is 0 Å². The molecule has 0 saturated carbocycles. The first-order chi connectivity index (χ1) is 30.2. The van der Waals surface area contributed by atoms with Crippen LogP contribution in [0.2, 0.25) is 0 Å². The number of nitrogens with zero attached hydrogens (tertiary/aromatic N) is 3. The molecule has 4 nitrogen and oxygen atoms in total. The molecule has 0 aliphatic heterocycles. The molecule has 0 spiro atoms. The molecule has 0 fully saturated rings. The number of furan rings is 1. The molecular weight excluding hydrogens is 743 g/mol. The quantitative estimate of drug-likeness (QED) is 0.169. The molecular formula is C57H35N3O. The molecule has 0 radical (unpaired) electrons. The fourth-order valence-corrected chi connectivity index (χ4v) is 8.98. The lowest BCUT2D eigenvalue weighted by Crippen LogP contribution is -2.01. The third kappa shape index (κ3) is 5.96. The maximum absolute atomic E-state index is 6.57. The van der Waals surface area contributed by atoms with Gasteiger partial charge in [-0.2, -0.15) is 0 Å². The van der Waals surface area contributed by atoms with Crippen molar-refractivity contribution in [2.75, 3.05) is 0 Å². The van der Waals surface area contributed by atoms with Crippen LogP contribution in [-0.4, -0.2) is 15.0 Å². The van der Waals surface area contributed by atoms with Gasteiger partial charge in [0.25, 0.3) is 0 Å². The Morgan fingerprint density at radius 3 is 1.39 bits per heavy atom. The zero-order chi connectivity index (χ0) is 40.3. The van der Waals surface area contributed by atoms with Crippen molar-refractivity contribution >= 4 is 54.3 Å². The third-order valence-corrected chi connectivity index (χ3v) is 12.0. The summed E-state index contributed by atoms with van der Waals surface area (Å²) in [6.45, 7) is 0. The normalized spacial score (nSPS) is 11.6. The first kappa shape index (κ1) is 34.8. The van der Waals surface area contributed by atoms with E-state index in [-0.39, 0.29) is 0 Å². The molecule has 0 atom stereocenters. The van der Waals surface area contributed by atoms with Crippen molar-refractivity contribution in [3.8, 4) is 67.5 Å². The Kier molecular flexibility index (Phi) is 8.13. The van der Waals surface area contributed by atoms with Crippen molar-refractivity contribution < 1.29 is 4.42 Å². The van der Waals surface area contributed by atoms with Gasteiger partial charge in [-0.05, 0) is 96.0 Å². The van der Waals surface area contributed by atoms with E-state index in [0.717, 1.165) is 82.4 Å². The summed E-state index contributed by atoms with van der Waals surface area (Å²) in [6, 6.07) is 74.7. The number of rotatable bonds is 6. The van der Waals surface area contributed by atoms with Gasteiger partial charge >= 0.3 is 0 Å². The van der Waals surface area contributed by atoms with Gasteiger partial charge in [-0.25, -0.2) is 15.0 Å². The lowest BCUT2D eigenvalue weighted by atomic mass is 9.93. The van der Waals surface area contributed by atoms with Gasteiger partial charge in [-0.1, -0.05) is 182 Å². The van der Waals surface area contributed by atoms with Gasteiger partial charge in [0.05, 0.1) is 5.56 Å². The molecule has 12 rings (SSSR count). The SMILES string of the molecule is c1ccc(-c2ccc(-c3ccc(-c4nc(-c5ccc(-c6ccc7ccccc7c6)c6ccccc56)nc(-c5cccc6c5oc5ccccc56)n4)c4ccccc34)cc2)cc1. The summed E-state index contributed by atoms with van der Waals surface area (Å²) in [6.07, 6.45) is 0. The fraction of sp³-hybridized carbons (Fsp3) is 0. The monoisotopic (exact) mass is 777 g/mol. The van der Waals surface area contributed by atoms with Gasteiger partial charge in [0.2, 0.25) is 0 Å². The molecule has 61 heavy (non-hydrogen) atoms. The summed E-state index contributed by atoms with van der Waals surface area (Å²) in [5, 5.41) is 8.90. The highest BCUT2D eigenvalue weighted by Gasteiger charge is 2.21. The zero-order valence-electron chi connectivity index (χ0n) is 33.0. The average Bonchev–Trinajstić information content (AvgIpc) is 3.72. The minimum absolute atomic E-state index is 0.553. The Bertz CT molecular complexity index is 3650. The van der Waals surface area contributed by atoms with Crippen LogP contribution in [0.1, 0.15) is 0 Å². The van der Waals surface area contributed by atoms with Crippen molar-refractivity contribution in [3.63, 3.8) is 0 Å². The first-order valence-electron chi connectivity index (χ1n) is 20.6. The van der Waals surface area contributed by atoms with E-state index in [1.807, 2.05) is 24.3 Å². The minimum atomic E-state index is 0.553. The lowest BCUT2D eigenvalue weighted by molar-refractivity contribution is 0.669. The maximum Gasteiger partial charge on any atom is 0.167 e. The predicted molar refractivity (Wildman–Crippen MR) is 252 cm³/mol. The minimum Gasteiger partial charge on any atom is -0.455 e. The molecule has 0 aliphatic rings. The number of aromatic nitrogens is 3. The van der Waals surface area contributed by atoms with Crippen LogP contribution in [0.15, 0.2) is 217 Å². The van der Waals surface area contributed by atoms with Gasteiger partial charge in [-0.3, -0.25) is 0 Å². The Morgan fingerprint density at radius 1 is 0.262 bits per heavy atom. The van der Waals surface area contributed by atoms with E-state index >= 15 is 0 Å². The highest BCUT2D eigenvalue weighted by molar-refractivity contribution is 6.10. The first-order valence-corrected chi connectivity index (χ1v) is 20.6. The van der Waals surface area contributed by atoms with Crippen LogP contribution >= 0.6 is 0 Å². The maximum atomic E-state index is 6.57. The Morgan fingerprint density at radius 2 is 0.721 bits per heavy atom. The standard InChI is InChI=1S/C57H35N3O/c1-2-13-36(14-3-1)38-25-28-39(29-26-38)42-31-33-50(46-19-8-6-17-44(42)46)55-58-56(60-57(59-55)52-23-12-22-49-48-21-10-11-24-53(48)61-54(49)52)51-34-32-43(45-18-7-9-20-47(45)51)41-30-27-37-15-4-5-16-40(37)35-41/h1-35H. The highest BCUT2D eigenvalue weighted by atomic mass is 16.3. The van der Waals surface area contributed by atoms with Gasteiger partial charge in [0, 0.05) is 21.9 Å². The molecule has 284 valence electrons. The summed E-state index contributed by atoms with van der Waals surface area (Å²) in [5.74, 6) is 1.74. The van der Waals surface area contributed by atoms with E-state index in [1.165, 1.54) is 21.9 Å². The van der Waals surface area contributed by atoms with Gasteiger partial charge in [0.1, 0.15) is 11.2 Å². The molecule has 2 aromatic heterocycles. The molecule has 2 heterocycles. The summed E-state index contributed by atoms with van der Waals surface area (Å²) in [4.78, 5) is 16.0. The second-order valence-electron chi connectivity index (χ2n) is 15.5. The second-order valence-corrected chi connectivity index (χ2v) is 15.5. The van der Waals surface area contributed by atoms with Crippen LogP contribution in [0, 0.1) is 0 Å². The van der Waals surface area contributed by atoms with Crippen molar-refractivity contribution in [2.45, 2.75) is 0 Å². The number of para-hydroxylation sites is 2. The molecule has 10 aromatic carbocycles. The Hall–Kier alpha value is -8.21. The molecule has 0 amide bonds. The highest BCUT2D eigenvalue weighted by Crippen LogP contribution is 2.41. The molecule has 0 saturated heterocycles.